The van der Waals surface area contributed by atoms with E-state index in [2.05, 4.69) is 0 Å². The molecule has 0 saturated carbocycles. The number of rotatable bonds is 5. The molecule has 0 radical (unpaired) electrons. The molecule has 1 atom stereocenters. The zero-order chi connectivity index (χ0) is 19.8. The number of aromatic nitrogens is 1. The number of nitrogens with zero attached hydrogens (tertiary/aromatic N) is 2. The van der Waals surface area contributed by atoms with Crippen molar-refractivity contribution in [2.75, 3.05) is 6.54 Å². The first kappa shape index (κ1) is 19.4. The Morgan fingerprint density at radius 3 is 2.59 bits per heavy atom. The molecular formula is C17H17F3N2O4S. The molecule has 2 aromatic rings. The second kappa shape index (κ2) is 7.01. The average molecular weight is 402 g/mol. The second-order valence-corrected chi connectivity index (χ2v) is 8.11. The number of carbonyl (C=O) groups is 1. The highest BCUT2D eigenvalue weighted by Gasteiger charge is 2.38. The number of hydrogen-bond acceptors (Lipinski definition) is 3. The topological polar surface area (TPSA) is 79.6 Å². The van der Waals surface area contributed by atoms with Gasteiger partial charge in [0.25, 0.3) is 0 Å². The third kappa shape index (κ3) is 3.86. The van der Waals surface area contributed by atoms with E-state index in [1.807, 2.05) is 4.57 Å². The van der Waals surface area contributed by atoms with Gasteiger partial charge in [-0.05, 0) is 36.8 Å². The zero-order valence-electron chi connectivity index (χ0n) is 14.1. The molecule has 1 unspecified atom stereocenters. The maximum absolute atomic E-state index is 13.1. The van der Waals surface area contributed by atoms with E-state index in [1.54, 1.807) is 18.3 Å². The lowest BCUT2D eigenvalue weighted by Gasteiger charge is -2.36. The Morgan fingerprint density at radius 1 is 1.19 bits per heavy atom. The molecule has 3 rings (SSSR count). The summed E-state index contributed by atoms with van der Waals surface area (Å²) in [6.45, 7) is 0.384. The van der Waals surface area contributed by atoms with Crippen LogP contribution < -0.4 is 0 Å². The average Bonchev–Trinajstić information content (AvgIpc) is 3.07. The Labute approximate surface area is 153 Å². The number of carboxylic acid groups (broad SMARTS) is 1. The van der Waals surface area contributed by atoms with Crippen molar-refractivity contribution in [1.82, 2.24) is 8.87 Å². The van der Waals surface area contributed by atoms with Crippen molar-refractivity contribution >= 4 is 16.0 Å². The third-order valence-corrected chi connectivity index (χ3v) is 6.42. The zero-order valence-corrected chi connectivity index (χ0v) is 14.9. The van der Waals surface area contributed by atoms with Crippen molar-refractivity contribution in [3.05, 3.63) is 53.9 Å². The van der Waals surface area contributed by atoms with Crippen molar-refractivity contribution in [2.24, 2.45) is 0 Å². The van der Waals surface area contributed by atoms with Gasteiger partial charge >= 0.3 is 12.1 Å². The van der Waals surface area contributed by atoms with Crippen LogP contribution in [0, 0.1) is 0 Å². The number of halogens is 3. The third-order valence-electron chi connectivity index (χ3n) is 4.51. The molecule has 6 nitrogen and oxygen atoms in total. The highest BCUT2D eigenvalue weighted by Crippen LogP contribution is 2.36. The summed E-state index contributed by atoms with van der Waals surface area (Å²) in [6.07, 6.45) is -3.13. The summed E-state index contributed by atoms with van der Waals surface area (Å²) < 4.78 is 67.9. The van der Waals surface area contributed by atoms with E-state index in [1.165, 1.54) is 0 Å². The molecule has 2 heterocycles. The largest absolute Gasteiger partial charge is 0.481 e. The fraction of sp³-hybridized carbons (Fsp3) is 0.353. The van der Waals surface area contributed by atoms with Crippen LogP contribution in [0.5, 0.6) is 0 Å². The van der Waals surface area contributed by atoms with Gasteiger partial charge in [0, 0.05) is 31.4 Å². The van der Waals surface area contributed by atoms with Crippen LogP contribution in [-0.4, -0.2) is 34.9 Å². The van der Waals surface area contributed by atoms with Gasteiger partial charge in [-0.15, -0.1) is 0 Å². The molecule has 0 saturated heterocycles. The number of alkyl halides is 3. The van der Waals surface area contributed by atoms with Crippen LogP contribution in [0.1, 0.15) is 30.1 Å². The van der Waals surface area contributed by atoms with Gasteiger partial charge in [-0.2, -0.15) is 17.5 Å². The smallest absolute Gasteiger partial charge is 0.416 e. The quantitative estimate of drug-likeness (QED) is 0.834. The Morgan fingerprint density at radius 2 is 1.93 bits per heavy atom. The van der Waals surface area contributed by atoms with Crippen molar-refractivity contribution in [1.29, 1.82) is 0 Å². The summed E-state index contributed by atoms with van der Waals surface area (Å²) in [7, 11) is -4.24. The van der Waals surface area contributed by atoms with E-state index >= 15 is 0 Å². The minimum Gasteiger partial charge on any atom is -0.481 e. The molecule has 1 aliphatic rings. The van der Waals surface area contributed by atoms with Crippen LogP contribution in [0.3, 0.4) is 0 Å². The molecule has 0 aliphatic carbocycles. The van der Waals surface area contributed by atoms with Crippen LogP contribution >= 0.6 is 0 Å². The second-order valence-electron chi connectivity index (χ2n) is 6.22. The van der Waals surface area contributed by atoms with E-state index < -0.39 is 38.7 Å². The maximum Gasteiger partial charge on any atom is 0.416 e. The van der Waals surface area contributed by atoms with Gasteiger partial charge in [-0.1, -0.05) is 6.07 Å². The van der Waals surface area contributed by atoms with E-state index in [0.29, 0.717) is 18.3 Å². The summed E-state index contributed by atoms with van der Waals surface area (Å²) >= 11 is 0. The van der Waals surface area contributed by atoms with Gasteiger partial charge in [-0.3, -0.25) is 4.79 Å². The number of fused-ring (bicyclic) bond motifs is 1. The van der Waals surface area contributed by atoms with E-state index in [9.17, 15) is 26.4 Å². The van der Waals surface area contributed by atoms with Crippen LogP contribution in [0.15, 0.2) is 47.5 Å². The maximum atomic E-state index is 13.1. The highest BCUT2D eigenvalue weighted by molar-refractivity contribution is 7.89. The van der Waals surface area contributed by atoms with Crippen molar-refractivity contribution in [3.63, 3.8) is 0 Å². The summed E-state index contributed by atoms with van der Waals surface area (Å²) in [5.74, 6) is -1.07. The molecule has 0 spiro atoms. The first-order valence-electron chi connectivity index (χ1n) is 8.16. The van der Waals surface area contributed by atoms with E-state index in [0.717, 1.165) is 22.5 Å². The number of aliphatic carboxylic acids is 1. The lowest BCUT2D eigenvalue weighted by molar-refractivity contribution is -0.138. The van der Waals surface area contributed by atoms with Crippen molar-refractivity contribution < 1.29 is 31.5 Å². The number of hydrogen-bond donors (Lipinski definition) is 1. The van der Waals surface area contributed by atoms with Gasteiger partial charge in [0.05, 0.1) is 16.5 Å². The lowest BCUT2D eigenvalue weighted by Crippen LogP contribution is -2.42. The van der Waals surface area contributed by atoms with Gasteiger partial charge in [0.15, 0.2) is 0 Å². The SMILES string of the molecule is O=C(O)CCC1c2cccn2CCN1S(=O)(=O)c1cccc(C(F)(F)F)c1. The minimum atomic E-state index is -4.66. The van der Waals surface area contributed by atoms with Gasteiger partial charge < -0.3 is 9.67 Å². The van der Waals surface area contributed by atoms with Crippen LogP contribution in [0.4, 0.5) is 13.2 Å². The summed E-state index contributed by atoms with van der Waals surface area (Å²) in [6, 6.07) is 6.24. The lowest BCUT2D eigenvalue weighted by atomic mass is 10.1. The van der Waals surface area contributed by atoms with Gasteiger partial charge in [0.2, 0.25) is 10.0 Å². The summed E-state index contributed by atoms with van der Waals surface area (Å²) in [4.78, 5) is 10.5. The van der Waals surface area contributed by atoms with E-state index in [4.69, 9.17) is 5.11 Å². The van der Waals surface area contributed by atoms with E-state index in [-0.39, 0.29) is 19.4 Å². The Bertz CT molecular complexity index is 953. The molecule has 10 heteroatoms. The predicted octanol–water partition coefficient (Wildman–Crippen LogP) is 3.12. The molecule has 1 N–H and O–H groups in total. The number of benzene rings is 1. The molecule has 146 valence electrons. The molecule has 1 aliphatic heterocycles. The standard InChI is InChI=1S/C17H17F3N2O4S/c18-17(19,20)12-3-1-4-13(11-12)27(25,26)22-10-9-21-8-2-5-14(21)15(22)6-7-16(23)24/h1-5,8,11,15H,6-7,9-10H2,(H,23,24). The molecule has 0 bridgehead atoms. The first-order valence-corrected chi connectivity index (χ1v) is 9.60. The number of carboxylic acids is 1. The predicted molar refractivity (Wildman–Crippen MR) is 89.4 cm³/mol. The van der Waals surface area contributed by atoms with Crippen LogP contribution in [0.2, 0.25) is 0 Å². The van der Waals surface area contributed by atoms with Crippen molar-refractivity contribution in [3.8, 4) is 0 Å². The first-order chi connectivity index (χ1) is 12.6. The molecular weight excluding hydrogens is 385 g/mol. The molecule has 0 amide bonds. The van der Waals surface area contributed by atoms with Gasteiger partial charge in [0.1, 0.15) is 0 Å². The fourth-order valence-electron chi connectivity index (χ4n) is 3.25. The van der Waals surface area contributed by atoms with Gasteiger partial charge in [-0.25, -0.2) is 8.42 Å². The Balaban J connectivity index is 2.01. The molecule has 1 aromatic carbocycles. The van der Waals surface area contributed by atoms with Crippen LogP contribution in [0.25, 0.3) is 0 Å². The fourth-order valence-corrected chi connectivity index (χ4v) is 4.92. The minimum absolute atomic E-state index is 0.0253. The summed E-state index contributed by atoms with van der Waals surface area (Å²) in [5.41, 5.74) is -0.427. The highest BCUT2D eigenvalue weighted by atomic mass is 32.2. The Hall–Kier alpha value is -2.33. The molecule has 27 heavy (non-hydrogen) atoms. The Kier molecular flexibility index (Phi) is 5.04. The van der Waals surface area contributed by atoms with Crippen molar-refractivity contribution in [2.45, 2.75) is 36.5 Å². The normalized spacial score (nSPS) is 18.3. The molecule has 1 aromatic heterocycles. The number of sulfonamides is 1. The summed E-state index contributed by atoms with van der Waals surface area (Å²) in [5, 5.41) is 8.97. The molecule has 0 fully saturated rings. The monoisotopic (exact) mass is 402 g/mol. The van der Waals surface area contributed by atoms with Crippen LogP contribution in [-0.2, 0) is 27.5 Å².